The second-order valence-electron chi connectivity index (χ2n) is 1.10. The zero-order valence-electron chi connectivity index (χ0n) is 3.52. The molecule has 0 aliphatic carbocycles. The maximum absolute atomic E-state index is 7.99. The normalized spacial score (nSPS) is 25.3. The Morgan fingerprint density at radius 3 is 2.86 bits per heavy atom. The lowest BCUT2D eigenvalue weighted by molar-refractivity contribution is 0.949. The van der Waals surface area contributed by atoms with E-state index in [0.29, 0.717) is 0 Å². The summed E-state index contributed by atoms with van der Waals surface area (Å²) in [7, 11) is 0. The van der Waals surface area contributed by atoms with Crippen LogP contribution in [0.5, 0.6) is 0 Å². The van der Waals surface area contributed by atoms with Crippen LogP contribution in [0.1, 0.15) is 0 Å². The number of hydrogen-bond acceptors (Lipinski definition) is 3. The predicted molar refractivity (Wildman–Crippen MR) is 22.9 cm³/mol. The molecule has 0 saturated carbocycles. The Morgan fingerprint density at radius 1 is 1.71 bits per heavy atom. The molecule has 1 unspecified atom stereocenters. The Bertz CT molecular complexity index is 139. The lowest BCUT2D eigenvalue weighted by atomic mass is 10.5. The molecule has 34 valence electrons. The minimum atomic E-state index is -0.444. The van der Waals surface area contributed by atoms with Gasteiger partial charge in [0.15, 0.2) is 4.98 Å². The van der Waals surface area contributed by atoms with Crippen LogP contribution >= 0.6 is 0 Å². The predicted octanol–water partition coefficient (Wildman–Crippen LogP) is 1.15. The minimum absolute atomic E-state index is 0.444. The van der Waals surface area contributed by atoms with Gasteiger partial charge in [-0.1, -0.05) is 5.11 Å². The molecule has 4 heteroatoms. The number of diazo groups is 1. The summed E-state index contributed by atoms with van der Waals surface area (Å²) in [6.45, 7) is 0. The first-order valence-electron chi connectivity index (χ1n) is 1.84. The highest BCUT2D eigenvalue weighted by molar-refractivity contribution is 4.99. The molecule has 0 aromatic carbocycles. The first-order valence-corrected chi connectivity index (χ1v) is 1.84. The van der Waals surface area contributed by atoms with Crippen molar-refractivity contribution in [2.45, 2.75) is 6.17 Å². The third-order valence-electron chi connectivity index (χ3n) is 0.628. The summed E-state index contributed by atoms with van der Waals surface area (Å²) in [6.07, 6.45) is 2.63. The lowest BCUT2D eigenvalue weighted by Crippen LogP contribution is -1.82. The summed E-state index contributed by atoms with van der Waals surface area (Å²) >= 11 is 0. The Morgan fingerprint density at radius 2 is 2.57 bits per heavy atom. The van der Waals surface area contributed by atoms with Crippen molar-refractivity contribution < 1.29 is 0 Å². The number of azo groups is 1. The van der Waals surface area contributed by atoms with Gasteiger partial charge in [0.1, 0.15) is 0 Å². The Hall–Kier alpha value is -1.24. The molecule has 0 N–H and O–H groups in total. The van der Waals surface area contributed by atoms with Crippen LogP contribution in [0.15, 0.2) is 22.5 Å². The van der Waals surface area contributed by atoms with Gasteiger partial charge in [-0.05, 0) is 0 Å². The summed E-state index contributed by atoms with van der Waals surface area (Å²) in [5.41, 5.74) is 0. The largest absolute Gasteiger partial charge is 0.443 e. The topological polar surface area (TPSA) is 52.9 Å². The summed E-state index contributed by atoms with van der Waals surface area (Å²) in [4.78, 5) is 2.84. The van der Waals surface area contributed by atoms with Gasteiger partial charge in [0.2, 0.25) is 5.39 Å². The van der Waals surface area contributed by atoms with E-state index in [4.69, 9.17) is 5.39 Å². The number of nitrogens with zero attached hydrogens (tertiary/aromatic N) is 4. The number of rotatable bonds is 0. The van der Waals surface area contributed by atoms with Gasteiger partial charge < -0.3 is 0 Å². The number of hydrogen-bond donors (Lipinski definition) is 0. The second-order valence-corrected chi connectivity index (χ2v) is 1.10. The van der Waals surface area contributed by atoms with E-state index in [1.807, 2.05) is 0 Å². The maximum atomic E-state index is 7.99. The molecule has 0 radical (unpaired) electrons. The van der Waals surface area contributed by atoms with Gasteiger partial charge in [0.25, 0.3) is 0 Å². The summed E-state index contributed by atoms with van der Waals surface area (Å²) < 4.78 is 0. The fraction of sp³-hybridized carbons (Fsp3) is 0.333. The van der Waals surface area contributed by atoms with E-state index >= 15 is 0 Å². The van der Waals surface area contributed by atoms with Crippen LogP contribution in [0.25, 0.3) is 4.98 Å². The smallest absolute Gasteiger partial charge is 0.156 e. The maximum Gasteiger partial charge on any atom is 0.443 e. The molecule has 0 saturated heterocycles. The Balaban J connectivity index is 2.65. The van der Waals surface area contributed by atoms with Crippen molar-refractivity contribution in [3.05, 3.63) is 17.3 Å². The summed E-state index contributed by atoms with van der Waals surface area (Å²) in [5.74, 6) is 0. The van der Waals surface area contributed by atoms with E-state index in [2.05, 4.69) is 15.2 Å². The minimum Gasteiger partial charge on any atom is -0.156 e. The van der Waals surface area contributed by atoms with Gasteiger partial charge in [0.05, 0.1) is 12.3 Å². The van der Waals surface area contributed by atoms with E-state index in [1.165, 1.54) is 6.20 Å². The van der Waals surface area contributed by atoms with Crippen molar-refractivity contribution in [2.75, 3.05) is 0 Å². The second kappa shape index (κ2) is 1.47. The van der Waals surface area contributed by atoms with Crippen LogP contribution in [0.2, 0.25) is 0 Å². The summed E-state index contributed by atoms with van der Waals surface area (Å²) in [5, 5.41) is 14.9. The van der Waals surface area contributed by atoms with E-state index in [-0.39, 0.29) is 0 Å². The zero-order chi connectivity index (χ0) is 5.11. The van der Waals surface area contributed by atoms with Crippen LogP contribution in [-0.2, 0) is 0 Å². The van der Waals surface area contributed by atoms with E-state index < -0.39 is 6.17 Å². The molecule has 1 aliphatic rings. The lowest BCUT2D eigenvalue weighted by Gasteiger charge is -1.62. The van der Waals surface area contributed by atoms with Crippen molar-refractivity contribution >= 4 is 0 Å². The molecule has 0 amide bonds. The third kappa shape index (κ3) is 0.602. The van der Waals surface area contributed by atoms with Crippen molar-refractivity contribution in [3.63, 3.8) is 0 Å². The van der Waals surface area contributed by atoms with Crippen LogP contribution in [0.3, 0.4) is 0 Å². The highest BCUT2D eigenvalue weighted by Gasteiger charge is 2.15. The van der Waals surface area contributed by atoms with Crippen LogP contribution in [-0.4, -0.2) is 6.17 Å². The van der Waals surface area contributed by atoms with Gasteiger partial charge in [0, 0.05) is 0 Å². The van der Waals surface area contributed by atoms with Crippen molar-refractivity contribution in [3.8, 4) is 0 Å². The molecule has 7 heavy (non-hydrogen) atoms. The molecule has 4 nitrogen and oxygen atoms in total. The molecule has 1 rings (SSSR count). The molecule has 0 aromatic rings. The average Bonchev–Trinajstić information content (AvgIpc) is 2.14. The average molecular weight is 95.1 g/mol. The van der Waals surface area contributed by atoms with Crippen molar-refractivity contribution in [2.24, 2.45) is 10.2 Å². The van der Waals surface area contributed by atoms with Gasteiger partial charge in [-0.25, -0.2) is 0 Å². The Labute approximate surface area is 40.2 Å². The zero-order valence-corrected chi connectivity index (χ0v) is 3.52. The summed E-state index contributed by atoms with van der Waals surface area (Å²) in [6, 6.07) is 0. The van der Waals surface area contributed by atoms with Crippen LogP contribution in [0.4, 0.5) is 0 Å². The molecule has 0 aromatic heterocycles. The highest BCUT2D eigenvalue weighted by Crippen LogP contribution is 2.02. The van der Waals surface area contributed by atoms with Gasteiger partial charge in [-0.3, -0.25) is 0 Å². The molecule has 1 atom stereocenters. The van der Waals surface area contributed by atoms with E-state index in [0.717, 1.165) is 0 Å². The molecule has 1 heterocycles. The van der Waals surface area contributed by atoms with Crippen LogP contribution in [0, 0.1) is 5.39 Å². The van der Waals surface area contributed by atoms with Gasteiger partial charge in [-0.2, -0.15) is 5.11 Å². The standard InChI is InChI=1S/C3H3N4/c4-6-3-1-2-5-7-3/h1-3H/q+1. The van der Waals surface area contributed by atoms with Gasteiger partial charge in [-0.15, -0.1) is 0 Å². The molecule has 0 fully saturated rings. The van der Waals surface area contributed by atoms with Gasteiger partial charge >= 0.3 is 6.17 Å². The monoisotopic (exact) mass is 95.0 g/mol. The first-order chi connectivity index (χ1) is 3.43. The third-order valence-corrected chi connectivity index (χ3v) is 0.628. The fourth-order valence-corrected chi connectivity index (χ4v) is 0.322. The molecule has 0 spiro atoms. The quantitative estimate of drug-likeness (QED) is 0.416. The SMILES string of the molecule is N#[N+]C1C=CN=N1. The Kier molecular flexibility index (Phi) is 0.828. The first kappa shape index (κ1) is 3.93. The molecule has 1 aliphatic heterocycles. The van der Waals surface area contributed by atoms with E-state index in [1.54, 1.807) is 6.08 Å². The molecule has 0 bridgehead atoms. The van der Waals surface area contributed by atoms with Crippen LogP contribution < -0.4 is 0 Å². The van der Waals surface area contributed by atoms with Crippen molar-refractivity contribution in [1.29, 1.82) is 5.39 Å². The molecular formula is C3H3N4+. The molecular weight excluding hydrogens is 92.1 g/mol. The highest BCUT2D eigenvalue weighted by atomic mass is 15.2. The van der Waals surface area contributed by atoms with Crippen molar-refractivity contribution in [1.82, 2.24) is 0 Å². The fourth-order valence-electron chi connectivity index (χ4n) is 0.322. The van der Waals surface area contributed by atoms with E-state index in [9.17, 15) is 0 Å².